The predicted molar refractivity (Wildman–Crippen MR) is 378 cm³/mol. The molecule has 104 heavy (non-hydrogen) atoms. The maximum absolute atomic E-state index is 16.3. The van der Waals surface area contributed by atoms with Crippen LogP contribution in [0.25, 0.3) is 0 Å². The summed E-state index contributed by atoms with van der Waals surface area (Å²) in [7, 11) is 0. The molecule has 33 heteroatoms. The zero-order chi connectivity index (χ0) is 74.7. The Kier molecular flexibility index (Phi) is 23.3. The van der Waals surface area contributed by atoms with E-state index in [0.717, 1.165) is 29.3 Å². The highest BCUT2D eigenvalue weighted by Gasteiger charge is 2.50. The number of aryl methyl sites for hydroxylation is 1. The molecule has 4 heterocycles. The Morgan fingerprint density at radius 2 is 1.12 bits per heavy atom. The summed E-state index contributed by atoms with van der Waals surface area (Å²) in [6, 6.07) is 6.44. The Morgan fingerprint density at radius 1 is 0.596 bits per heavy atom. The number of aliphatic carboxylic acids is 1. The summed E-state index contributed by atoms with van der Waals surface area (Å²) in [6.45, 7) is 10.2. The molecule has 33 nitrogen and oxygen atoms in total. The number of benzene rings is 5. The number of aromatic carboxylic acids is 3. The van der Waals surface area contributed by atoms with E-state index in [2.05, 4.69) is 79.4 Å². The van der Waals surface area contributed by atoms with Crippen LogP contribution in [0.3, 0.4) is 0 Å². The van der Waals surface area contributed by atoms with Crippen LogP contribution >= 0.6 is 0 Å². The van der Waals surface area contributed by atoms with E-state index >= 15 is 9.59 Å². The molecule has 12 amide bonds. The summed E-state index contributed by atoms with van der Waals surface area (Å²) in [6.07, 6.45) is 5.10. The number of aromatic nitrogens is 3. The van der Waals surface area contributed by atoms with Gasteiger partial charge in [0.1, 0.15) is 12.4 Å². The molecule has 4 aliphatic rings. The average molecular weight is 1430 g/mol. The molecule has 6 bridgehead atoms. The molecule has 0 saturated carbocycles. The van der Waals surface area contributed by atoms with Gasteiger partial charge in [0.05, 0.1) is 82.0 Å². The van der Waals surface area contributed by atoms with Gasteiger partial charge < -0.3 is 93.7 Å². The molecule has 1 aliphatic carbocycles. The minimum Gasteiger partial charge on any atom is -0.491 e. The minimum atomic E-state index is -2.66. The fourth-order valence-electron chi connectivity index (χ4n) is 13.8. The molecule has 0 fully saturated rings. The number of carboxylic acids is 4. The molecule has 0 radical (unpaired) electrons. The zero-order valence-corrected chi connectivity index (χ0v) is 58.2. The van der Waals surface area contributed by atoms with Crippen molar-refractivity contribution in [1.29, 1.82) is 0 Å². The summed E-state index contributed by atoms with van der Waals surface area (Å²) in [4.78, 5) is 152. The normalized spacial score (nSPS) is 17.6. The monoisotopic (exact) mass is 1430 g/mol. The van der Waals surface area contributed by atoms with E-state index in [1.807, 2.05) is 20.8 Å². The number of nitrogens with one attached hydrogen (secondary N) is 13. The van der Waals surface area contributed by atoms with Crippen molar-refractivity contribution in [2.24, 2.45) is 5.92 Å². The van der Waals surface area contributed by atoms with Gasteiger partial charge in [-0.1, -0.05) is 45.4 Å². The topological polar surface area (TPSA) is 474 Å². The number of carboxylic acid groups (broad SMARTS) is 4. The molecule has 0 saturated heterocycles. The number of nitrogens with zero attached hydrogens (tertiary/aromatic N) is 3. The first kappa shape index (κ1) is 74.8. The fraction of sp³-hybridized carbons (Fsp3) is 0.394. The lowest BCUT2D eigenvalue weighted by Gasteiger charge is -2.45. The number of amides is 12. The van der Waals surface area contributed by atoms with E-state index in [4.69, 9.17) is 14.6 Å². The van der Waals surface area contributed by atoms with Crippen molar-refractivity contribution in [3.63, 3.8) is 0 Å². The molecule has 10 rings (SSSR count). The molecular weight excluding hydrogens is 1350 g/mol. The molecule has 6 aromatic rings. The smallest absolute Gasteiger partial charge is 0.335 e. The molecule has 1 spiro atoms. The van der Waals surface area contributed by atoms with Crippen molar-refractivity contribution in [3.05, 3.63) is 150 Å². The van der Waals surface area contributed by atoms with Gasteiger partial charge in [-0.05, 0) is 145 Å². The van der Waals surface area contributed by atoms with Crippen molar-refractivity contribution in [3.8, 4) is 5.75 Å². The van der Waals surface area contributed by atoms with Crippen LogP contribution < -0.4 is 73.9 Å². The number of carbonyl (C=O) groups excluding carboxylic acids is 7. The van der Waals surface area contributed by atoms with Crippen LogP contribution in [-0.4, -0.2) is 128 Å². The van der Waals surface area contributed by atoms with Gasteiger partial charge >= 0.3 is 54.0 Å². The van der Waals surface area contributed by atoms with Gasteiger partial charge in [-0.2, -0.15) is 0 Å². The van der Waals surface area contributed by atoms with E-state index in [1.165, 1.54) is 36.4 Å². The Hall–Kier alpha value is -11.9. The minimum absolute atomic E-state index is 0.00648. The summed E-state index contributed by atoms with van der Waals surface area (Å²) in [5.74, 6) is -6.60. The third kappa shape index (κ3) is 16.7. The van der Waals surface area contributed by atoms with Crippen molar-refractivity contribution in [2.75, 3.05) is 52.9 Å². The second kappa shape index (κ2) is 32.4. The van der Waals surface area contributed by atoms with Gasteiger partial charge in [0, 0.05) is 81.4 Å². The summed E-state index contributed by atoms with van der Waals surface area (Å²) in [5.41, 5.74) is 0.822. The number of hydrogen-bond acceptors (Lipinski definition) is 16. The van der Waals surface area contributed by atoms with Crippen molar-refractivity contribution in [2.45, 2.75) is 150 Å². The summed E-state index contributed by atoms with van der Waals surface area (Å²) in [5, 5.41) is 86.0. The average Bonchev–Trinajstić information content (AvgIpc) is 1.01. The van der Waals surface area contributed by atoms with Crippen LogP contribution in [0.1, 0.15) is 164 Å². The van der Waals surface area contributed by atoms with Crippen LogP contribution in [0, 0.1) is 12.8 Å². The van der Waals surface area contributed by atoms with Gasteiger partial charge in [0.2, 0.25) is 11.6 Å². The van der Waals surface area contributed by atoms with Gasteiger partial charge in [-0.3, -0.25) is 19.7 Å². The largest absolute Gasteiger partial charge is 0.491 e. The van der Waals surface area contributed by atoms with Gasteiger partial charge in [-0.25, -0.2) is 43.0 Å². The number of ether oxygens (including phenoxy) is 2. The summed E-state index contributed by atoms with van der Waals surface area (Å²) < 4.78 is 14.3. The second-order valence-corrected chi connectivity index (χ2v) is 25.8. The zero-order valence-electron chi connectivity index (χ0n) is 58.2. The molecule has 1 aromatic heterocycles. The lowest BCUT2D eigenvalue weighted by molar-refractivity contribution is -0.141. The van der Waals surface area contributed by atoms with Crippen LogP contribution in [0.15, 0.2) is 60.8 Å². The van der Waals surface area contributed by atoms with Crippen LogP contribution in [0.2, 0.25) is 0 Å². The lowest BCUT2D eigenvalue weighted by atomic mass is 9.67. The highest BCUT2D eigenvalue weighted by Crippen LogP contribution is 2.50. The van der Waals surface area contributed by atoms with E-state index in [-0.39, 0.29) is 128 Å². The molecule has 550 valence electrons. The third-order valence-corrected chi connectivity index (χ3v) is 19.0. The number of anilines is 5. The Labute approximate surface area is 596 Å². The number of unbranched alkanes of at least 4 members (excludes halogenated alkanes) is 1. The molecule has 5 aromatic carbocycles. The van der Waals surface area contributed by atoms with E-state index < -0.39 is 83.6 Å². The van der Waals surface area contributed by atoms with Crippen molar-refractivity contribution in [1.82, 2.24) is 57.5 Å². The SMILES string of the molecule is CCc1c2c(CC)c3c(CC)c1CNC(=O)Nc1ccc(C(=O)O)cc1NC(=O)C1(NCc4c(C)c(c(OCCOCCn5cc(CCC(=O)NCCCC[C@H](C)C(=O)O)nn5)c5c4C(C)(C5)NC(=O)Nc4cc(C(=O)O)ccc41)CNC(=O)Nc1cc(C(=O)O)ccc1NC(=O)NC2)NC(=O)NC3. The highest BCUT2D eigenvalue weighted by atomic mass is 16.5. The molecule has 2 unspecified atom stereocenters. The molecule has 3 aliphatic heterocycles. The van der Waals surface area contributed by atoms with Gasteiger partial charge in [0.25, 0.3) is 5.91 Å². The maximum Gasteiger partial charge on any atom is 0.335 e. The number of urea groups is 5. The standard InChI is InChI=1S/C71H84N16O17/c1-7-42-48-31-74-65(98)79-52-18-14-39(62(93)94)27-55(52)78-64(97)71-51-17-13-38(61(91)92)26-54(51)81-69(102)83-70(6)29-45-58(70)46(34-77-71)37(5)47(59(45)104-25-24-103-23-22-87-35-41(85-86-87)16-20-57(88)72-21-11-10-12-36(4)60(89)90)30-73-67(100)82-56-28-40(63(95)96)15-19-53(56)80-66(99)75-32-49(42)44(9-3)50(43(48)8-2)33-76-68(101)84-71/h13-15,17-19,26-28,35-36,77H,7-12,16,20-25,29-34H2,1-6H3,(H,72,88)(H,78,97)(H,89,90)(H,91,92)(H,93,94)(H,95,96)(H2,73,82,100)(H2,74,79,98)(H2,75,80,99)(H2,76,84,101)(H2,81,83,102)/t36-,70?,71?/m0/s1. The first-order chi connectivity index (χ1) is 49.7. The Balaban J connectivity index is 1.07. The maximum atomic E-state index is 16.3. The van der Waals surface area contributed by atoms with Crippen molar-refractivity contribution >= 4 is 94.3 Å². The third-order valence-electron chi connectivity index (χ3n) is 19.0. The quantitative estimate of drug-likeness (QED) is 0.0305. The Morgan fingerprint density at radius 3 is 1.69 bits per heavy atom. The first-order valence-electron chi connectivity index (χ1n) is 34.2. The molecular formula is C71H84N16O17. The van der Waals surface area contributed by atoms with Crippen LogP contribution in [0.5, 0.6) is 5.75 Å². The highest BCUT2D eigenvalue weighted by molar-refractivity contribution is 6.08. The predicted octanol–water partition coefficient (Wildman–Crippen LogP) is 6.98. The first-order valence-corrected chi connectivity index (χ1v) is 34.2. The lowest BCUT2D eigenvalue weighted by Crippen LogP contribution is -2.64. The molecule has 3 atom stereocenters. The summed E-state index contributed by atoms with van der Waals surface area (Å²) >= 11 is 0. The second-order valence-electron chi connectivity index (χ2n) is 25.8. The number of carbonyl (C=O) groups is 11. The fourth-order valence-corrected chi connectivity index (χ4v) is 13.8. The number of hydrogen-bond donors (Lipinski definition) is 17. The Bertz CT molecular complexity index is 4440. The van der Waals surface area contributed by atoms with E-state index in [0.29, 0.717) is 107 Å². The van der Waals surface area contributed by atoms with Gasteiger partial charge in [-0.15, -0.1) is 5.10 Å². The van der Waals surface area contributed by atoms with E-state index in [9.17, 15) is 58.5 Å². The molecule has 17 N–H and O–H groups in total. The van der Waals surface area contributed by atoms with E-state index in [1.54, 1.807) is 31.6 Å². The van der Waals surface area contributed by atoms with Crippen LogP contribution in [0.4, 0.5) is 52.4 Å². The van der Waals surface area contributed by atoms with Crippen molar-refractivity contribution < 1.29 is 82.6 Å². The van der Waals surface area contributed by atoms with Crippen LogP contribution in [-0.2, 0) is 102 Å². The number of fused-ring (bicyclic) bond motifs is 10. The van der Waals surface area contributed by atoms with Gasteiger partial charge in [0.15, 0.2) is 0 Å². The number of rotatable bonds is 22.